The number of nitrogens with zero attached hydrogens (tertiary/aromatic N) is 1. The van der Waals surface area contributed by atoms with Crippen molar-refractivity contribution in [2.75, 3.05) is 20.6 Å². The molecule has 6 heteroatoms. The van der Waals surface area contributed by atoms with E-state index in [1.54, 1.807) is 6.92 Å². The molecule has 0 saturated carbocycles. The first-order valence-corrected chi connectivity index (χ1v) is 11.6. The summed E-state index contributed by atoms with van der Waals surface area (Å²) in [6, 6.07) is 39.1. The zero-order valence-electron chi connectivity index (χ0n) is 20.5. The first kappa shape index (κ1) is 25.9. The second kappa shape index (κ2) is 13.2. The van der Waals surface area contributed by atoms with Crippen LogP contribution >= 0.6 is 0 Å². The Kier molecular flexibility index (Phi) is 9.78. The lowest BCUT2D eigenvalue weighted by molar-refractivity contribution is 0.154. The van der Waals surface area contributed by atoms with Gasteiger partial charge in [-0.3, -0.25) is 4.48 Å². The van der Waals surface area contributed by atoms with Crippen LogP contribution in [-0.4, -0.2) is 39.2 Å². The summed E-state index contributed by atoms with van der Waals surface area (Å²) in [4.78, 5) is 0. The molecule has 4 aromatic rings. The molecule has 0 fully saturated rings. The number of rotatable bonds is 9. The number of para-hydroxylation sites is 4. The smallest absolute Gasteiger partial charge is 0.490 e. The number of aliphatic hydroxyl groups is 1. The summed E-state index contributed by atoms with van der Waals surface area (Å²) >= 11 is 0. The summed E-state index contributed by atoms with van der Waals surface area (Å²) in [5.41, 5.74) is 0.923. The number of aliphatic hydroxyl groups excluding tert-OH is 1. The van der Waals surface area contributed by atoms with E-state index in [0.29, 0.717) is 28.3 Å². The molecule has 0 heterocycles. The van der Waals surface area contributed by atoms with E-state index < -0.39 is 13.4 Å². The van der Waals surface area contributed by atoms with Crippen molar-refractivity contribution in [3.8, 4) is 17.2 Å². The fourth-order valence-electron chi connectivity index (χ4n) is 3.55. The van der Waals surface area contributed by atoms with Crippen molar-refractivity contribution >= 4 is 13.0 Å². The van der Waals surface area contributed by atoms with Crippen LogP contribution in [0.3, 0.4) is 0 Å². The molecule has 35 heavy (non-hydrogen) atoms. The highest BCUT2D eigenvalue weighted by Gasteiger charge is 2.34. The van der Waals surface area contributed by atoms with Crippen molar-refractivity contribution in [1.29, 1.82) is 0 Å². The maximum atomic E-state index is 9.91. The zero-order chi connectivity index (χ0) is 24.9. The Hall–Kier alpha value is -3.74. The minimum Gasteiger partial charge on any atom is -0.490 e. The number of benzene rings is 4. The van der Waals surface area contributed by atoms with Gasteiger partial charge in [0.15, 0.2) is 11.4 Å². The van der Waals surface area contributed by atoms with Gasteiger partial charge in [-0.2, -0.15) is 36.4 Å². The van der Waals surface area contributed by atoms with Gasteiger partial charge in [0, 0.05) is 6.07 Å². The van der Waals surface area contributed by atoms with E-state index in [2.05, 4.69) is 6.07 Å². The monoisotopic (exact) mass is 469 g/mol. The van der Waals surface area contributed by atoms with Crippen molar-refractivity contribution in [2.45, 2.75) is 13.0 Å². The molecule has 0 aliphatic rings. The maximum absolute atomic E-state index is 9.91. The van der Waals surface area contributed by atoms with E-state index >= 15 is 0 Å². The van der Waals surface area contributed by atoms with Crippen LogP contribution in [0.1, 0.15) is 6.92 Å². The highest BCUT2D eigenvalue weighted by Crippen LogP contribution is 2.32. The molecule has 0 spiro atoms. The van der Waals surface area contributed by atoms with Crippen molar-refractivity contribution in [2.24, 2.45) is 0 Å². The largest absolute Gasteiger partial charge is 0.864 e. The van der Waals surface area contributed by atoms with Gasteiger partial charge >= 0.3 is 7.32 Å². The first-order valence-electron chi connectivity index (χ1n) is 11.6. The highest BCUT2D eigenvalue weighted by atomic mass is 16.7. The molecule has 1 N–H and O–H groups in total. The average Bonchev–Trinajstić information content (AvgIpc) is 2.86. The van der Waals surface area contributed by atoms with Gasteiger partial charge in [-0.1, -0.05) is 48.5 Å². The predicted octanol–water partition coefficient (Wildman–Crippen LogP) is 5.64. The van der Waals surface area contributed by atoms with Crippen molar-refractivity contribution < 1.29 is 19.1 Å². The van der Waals surface area contributed by atoms with E-state index in [9.17, 15) is 5.11 Å². The molecule has 1 unspecified atom stereocenters. The van der Waals surface area contributed by atoms with Gasteiger partial charge in [-0.05, 0) is 37.3 Å². The molecule has 4 aromatic carbocycles. The SMILES string of the molecule is CC(O)C[N+](C)(C)c1ccccc1OB(Oc1ccccc1)Oc1ccccc1.[c-]1ccccc1. The van der Waals surface area contributed by atoms with Gasteiger partial charge in [0.25, 0.3) is 0 Å². The minimum absolute atomic E-state index is 0.449. The minimum atomic E-state index is -0.979. The van der Waals surface area contributed by atoms with Crippen LogP contribution in [0.2, 0.25) is 0 Å². The summed E-state index contributed by atoms with van der Waals surface area (Å²) < 4.78 is 18.6. The molecule has 4 rings (SSSR count). The van der Waals surface area contributed by atoms with Gasteiger partial charge in [0.05, 0.1) is 14.1 Å². The number of hydrogen-bond donors (Lipinski definition) is 1. The molecule has 0 radical (unpaired) electrons. The van der Waals surface area contributed by atoms with Gasteiger partial charge < -0.3 is 19.1 Å². The van der Waals surface area contributed by atoms with Crippen LogP contribution in [0, 0.1) is 6.07 Å². The summed E-state index contributed by atoms with van der Waals surface area (Å²) in [5, 5.41) is 9.91. The van der Waals surface area contributed by atoms with Gasteiger partial charge in [-0.15, -0.1) is 0 Å². The molecular weight excluding hydrogens is 437 g/mol. The normalized spacial score (nSPS) is 11.4. The van der Waals surface area contributed by atoms with Gasteiger partial charge in [0.2, 0.25) is 0 Å². The molecule has 0 aliphatic heterocycles. The van der Waals surface area contributed by atoms with E-state index in [0.717, 1.165) is 5.69 Å². The molecule has 180 valence electrons. The Balaban J connectivity index is 0.000000497. The summed E-state index contributed by atoms with van der Waals surface area (Å²) in [6.07, 6.45) is -0.449. The molecule has 0 amide bonds. The Morgan fingerprint density at radius 3 is 1.66 bits per heavy atom. The van der Waals surface area contributed by atoms with E-state index in [-0.39, 0.29) is 0 Å². The molecule has 0 aromatic heterocycles. The number of likely N-dealkylation sites (N-methyl/N-ethyl adjacent to an activating group) is 1. The standard InChI is InChI=1S/C23H27BNO4.C6H5/c1-19(26)18-25(2,3)22-16-10-11-17-23(22)29-24(27-20-12-6-4-7-13-20)28-21-14-8-5-9-15-21;1-2-4-6-5-3-1/h4-17,19,26H,18H2,1-3H3;1-5H/q+1;-1. The maximum Gasteiger partial charge on any atom is 0.864 e. The first-order chi connectivity index (χ1) is 16.9. The van der Waals surface area contributed by atoms with E-state index in [1.807, 2.05) is 129 Å². The molecule has 0 aliphatic carbocycles. The van der Waals surface area contributed by atoms with Crippen molar-refractivity contribution in [3.05, 3.63) is 121 Å². The Bertz CT molecular complexity index is 1040. The van der Waals surface area contributed by atoms with E-state index in [1.165, 1.54) is 0 Å². The fraction of sp³-hybridized carbons (Fsp3) is 0.172. The Morgan fingerprint density at radius 1 is 0.714 bits per heavy atom. The molecule has 0 saturated heterocycles. The van der Waals surface area contributed by atoms with Gasteiger partial charge in [-0.25, -0.2) is 0 Å². The Labute approximate surface area is 208 Å². The topological polar surface area (TPSA) is 47.9 Å². The number of hydrogen-bond acceptors (Lipinski definition) is 4. The highest BCUT2D eigenvalue weighted by molar-refractivity contribution is 6.39. The van der Waals surface area contributed by atoms with Crippen LogP contribution < -0.4 is 18.4 Å². The lowest BCUT2D eigenvalue weighted by atomic mass is 10.1. The lowest BCUT2D eigenvalue weighted by Gasteiger charge is -2.32. The van der Waals surface area contributed by atoms with Crippen molar-refractivity contribution in [1.82, 2.24) is 4.48 Å². The Morgan fingerprint density at radius 2 is 1.20 bits per heavy atom. The van der Waals surface area contributed by atoms with Crippen LogP contribution in [0.25, 0.3) is 0 Å². The van der Waals surface area contributed by atoms with Crippen LogP contribution in [0.15, 0.2) is 115 Å². The summed E-state index contributed by atoms with van der Waals surface area (Å²) in [6.45, 7) is 2.33. The summed E-state index contributed by atoms with van der Waals surface area (Å²) in [5.74, 6) is 1.92. The predicted molar refractivity (Wildman–Crippen MR) is 142 cm³/mol. The fourth-order valence-corrected chi connectivity index (χ4v) is 3.55. The van der Waals surface area contributed by atoms with E-state index in [4.69, 9.17) is 14.0 Å². The third-order valence-corrected chi connectivity index (χ3v) is 5.02. The van der Waals surface area contributed by atoms with Crippen LogP contribution in [0.4, 0.5) is 5.69 Å². The quantitative estimate of drug-likeness (QED) is 0.196. The average molecular weight is 469 g/mol. The number of quaternary nitrogens is 1. The lowest BCUT2D eigenvalue weighted by Crippen LogP contribution is -2.46. The molecule has 1 atom stereocenters. The second-order valence-corrected chi connectivity index (χ2v) is 8.53. The van der Waals surface area contributed by atoms with Crippen LogP contribution in [0.5, 0.6) is 17.2 Å². The molecule has 0 bridgehead atoms. The second-order valence-electron chi connectivity index (χ2n) is 8.53. The zero-order valence-corrected chi connectivity index (χ0v) is 20.5. The third kappa shape index (κ3) is 8.85. The van der Waals surface area contributed by atoms with Crippen LogP contribution in [-0.2, 0) is 0 Å². The molecule has 5 nitrogen and oxygen atoms in total. The third-order valence-electron chi connectivity index (χ3n) is 5.02. The van der Waals surface area contributed by atoms with Crippen molar-refractivity contribution in [3.63, 3.8) is 0 Å². The van der Waals surface area contributed by atoms with Gasteiger partial charge in [0.1, 0.15) is 24.1 Å². The summed E-state index contributed by atoms with van der Waals surface area (Å²) in [7, 11) is 3.08. The molecular formula is C29H32BNO4.